The van der Waals surface area contributed by atoms with Gasteiger partial charge in [0.1, 0.15) is 0 Å². The van der Waals surface area contributed by atoms with Gasteiger partial charge in [0.15, 0.2) is 5.09 Å². The first kappa shape index (κ1) is 8.50. The van der Waals surface area contributed by atoms with Gasteiger partial charge in [0.25, 0.3) is 0 Å². The molecular weight excluding hydrogens is 190 g/mol. The molecule has 0 amide bonds. The molecule has 0 bridgehead atoms. The van der Waals surface area contributed by atoms with E-state index in [1.54, 1.807) is 6.07 Å². The monoisotopic (exact) mass is 199 g/mol. The van der Waals surface area contributed by atoms with Crippen molar-refractivity contribution in [2.75, 3.05) is 0 Å². The number of hydrogen-bond acceptors (Lipinski definition) is 3. The summed E-state index contributed by atoms with van der Waals surface area (Å²) in [5, 5.41) is 9.48. The second kappa shape index (κ2) is 2.99. The minimum Gasteiger partial charge on any atom is -0.475 e. The van der Waals surface area contributed by atoms with Gasteiger partial charge in [0.2, 0.25) is 5.76 Å². The number of carboxylic acids is 1. The van der Waals surface area contributed by atoms with Crippen LogP contribution in [0.2, 0.25) is 0 Å². The van der Waals surface area contributed by atoms with Gasteiger partial charge < -0.3 is 9.52 Å². The van der Waals surface area contributed by atoms with E-state index in [1.807, 2.05) is 0 Å². The van der Waals surface area contributed by atoms with Gasteiger partial charge in [0.05, 0.1) is 0 Å². The Kier molecular flexibility index (Phi) is 1.95. The molecule has 0 spiro atoms. The van der Waals surface area contributed by atoms with Crippen molar-refractivity contribution in [3.63, 3.8) is 0 Å². The average molecular weight is 199 g/mol. The molecule has 5 heteroatoms. The molecule has 4 nitrogen and oxygen atoms in total. The number of furan rings is 1. The van der Waals surface area contributed by atoms with Crippen LogP contribution in [0.1, 0.15) is 23.4 Å². The topological polar surface area (TPSA) is 74.3 Å². The van der Waals surface area contributed by atoms with E-state index in [2.05, 4.69) is 0 Å². The minimum absolute atomic E-state index is 0.0691. The molecule has 2 N–H and O–H groups in total. The summed E-state index contributed by atoms with van der Waals surface area (Å²) in [5.74, 6) is -1.14. The van der Waals surface area contributed by atoms with Crippen molar-refractivity contribution < 1.29 is 14.3 Å². The number of nitrogens with one attached hydrogen (secondary N) is 1. The van der Waals surface area contributed by atoms with E-state index in [-0.39, 0.29) is 5.76 Å². The largest absolute Gasteiger partial charge is 0.475 e. The van der Waals surface area contributed by atoms with Crippen molar-refractivity contribution in [1.82, 2.24) is 0 Å². The van der Waals surface area contributed by atoms with E-state index in [1.165, 1.54) is 6.07 Å². The quantitative estimate of drug-likeness (QED) is 0.780. The maximum Gasteiger partial charge on any atom is 0.371 e. The third-order valence-electron chi connectivity index (χ3n) is 1.87. The predicted octanol–water partition coefficient (Wildman–Crippen LogP) is 1.88. The molecule has 0 aliphatic heterocycles. The molecule has 2 rings (SSSR count). The van der Waals surface area contributed by atoms with Crippen LogP contribution < -0.4 is 0 Å². The second-order valence-electron chi connectivity index (χ2n) is 2.96. The Bertz CT molecular complexity index is 367. The van der Waals surface area contributed by atoms with Crippen LogP contribution in [0.3, 0.4) is 0 Å². The first-order valence-corrected chi connectivity index (χ1v) is 5.25. The number of carbonyl (C=O) groups is 1. The van der Waals surface area contributed by atoms with Gasteiger partial charge in [-0.05, 0) is 35.7 Å². The first-order chi connectivity index (χ1) is 6.18. The summed E-state index contributed by atoms with van der Waals surface area (Å²) in [6.45, 7) is 0. The molecule has 1 heterocycles. The molecule has 0 radical (unpaired) electrons. The van der Waals surface area contributed by atoms with Crippen LogP contribution in [0.4, 0.5) is 0 Å². The fourth-order valence-electron chi connectivity index (χ4n) is 1.02. The van der Waals surface area contributed by atoms with Gasteiger partial charge >= 0.3 is 5.97 Å². The summed E-state index contributed by atoms with van der Waals surface area (Å²) in [5.41, 5.74) is 0. The number of aromatic carboxylic acids is 1. The van der Waals surface area contributed by atoms with E-state index in [0.717, 1.165) is 12.8 Å². The highest BCUT2D eigenvalue weighted by molar-refractivity contribution is 7.86. The Morgan fingerprint density at radius 1 is 1.62 bits per heavy atom. The molecule has 0 aromatic carbocycles. The van der Waals surface area contributed by atoms with E-state index in [4.69, 9.17) is 14.3 Å². The molecule has 1 aromatic heterocycles. The lowest BCUT2D eigenvalue weighted by molar-refractivity contribution is 0.0656. The summed E-state index contributed by atoms with van der Waals surface area (Å²) >= 11 is 0. The summed E-state index contributed by atoms with van der Waals surface area (Å²) in [7, 11) is -0.650. The van der Waals surface area contributed by atoms with Gasteiger partial charge in [-0.15, -0.1) is 0 Å². The van der Waals surface area contributed by atoms with Crippen molar-refractivity contribution in [2.24, 2.45) is 0 Å². The molecule has 1 atom stereocenters. The molecule has 13 heavy (non-hydrogen) atoms. The van der Waals surface area contributed by atoms with E-state index in [9.17, 15) is 4.79 Å². The van der Waals surface area contributed by atoms with Gasteiger partial charge in [-0.2, -0.15) is 0 Å². The van der Waals surface area contributed by atoms with Gasteiger partial charge in [-0.3, -0.25) is 4.78 Å². The molecule has 1 aliphatic rings. The molecule has 1 unspecified atom stereocenters. The molecule has 0 saturated heterocycles. The van der Waals surface area contributed by atoms with E-state index in [0.29, 0.717) is 10.3 Å². The van der Waals surface area contributed by atoms with Crippen molar-refractivity contribution in [3.05, 3.63) is 17.9 Å². The highest BCUT2D eigenvalue weighted by Crippen LogP contribution is 2.31. The summed E-state index contributed by atoms with van der Waals surface area (Å²) in [4.78, 5) is 10.5. The van der Waals surface area contributed by atoms with Crippen molar-refractivity contribution in [2.45, 2.75) is 23.2 Å². The third-order valence-corrected chi connectivity index (χ3v) is 3.66. The van der Waals surface area contributed by atoms with Crippen LogP contribution in [-0.2, 0) is 10.7 Å². The third kappa shape index (κ3) is 1.65. The predicted molar refractivity (Wildman–Crippen MR) is 47.0 cm³/mol. The van der Waals surface area contributed by atoms with Gasteiger partial charge in [-0.1, -0.05) is 0 Å². The molecular formula is C8H9NO3S. The lowest BCUT2D eigenvalue weighted by Gasteiger charge is -1.96. The summed E-state index contributed by atoms with van der Waals surface area (Å²) in [6.07, 6.45) is 2.13. The van der Waals surface area contributed by atoms with E-state index >= 15 is 0 Å². The maximum absolute atomic E-state index is 10.5. The molecule has 1 aliphatic carbocycles. The van der Waals surface area contributed by atoms with Crippen molar-refractivity contribution >= 4 is 16.7 Å². The average Bonchev–Trinajstić information content (AvgIpc) is 2.81. The zero-order valence-electron chi connectivity index (χ0n) is 6.82. The van der Waals surface area contributed by atoms with Crippen molar-refractivity contribution in [1.29, 1.82) is 4.78 Å². The summed E-state index contributed by atoms with van der Waals surface area (Å²) < 4.78 is 12.8. The number of hydrogen-bond donors (Lipinski definition) is 2. The minimum atomic E-state index is -1.07. The SMILES string of the molecule is N=S(c1ccc(C(=O)O)o1)C1CC1. The van der Waals surface area contributed by atoms with Crippen LogP contribution in [0, 0.1) is 4.78 Å². The maximum atomic E-state index is 10.5. The van der Waals surface area contributed by atoms with Crippen molar-refractivity contribution in [3.8, 4) is 0 Å². The molecule has 70 valence electrons. The zero-order valence-corrected chi connectivity index (χ0v) is 7.63. The number of rotatable bonds is 3. The van der Waals surface area contributed by atoms with Crippen LogP contribution in [0.15, 0.2) is 21.6 Å². The highest BCUT2D eigenvalue weighted by atomic mass is 32.2. The zero-order chi connectivity index (χ0) is 9.42. The lowest BCUT2D eigenvalue weighted by atomic mass is 10.5. The smallest absolute Gasteiger partial charge is 0.371 e. The molecule has 1 fully saturated rings. The first-order valence-electron chi connectivity index (χ1n) is 3.96. The Hall–Kier alpha value is -1.10. The van der Waals surface area contributed by atoms with Crippen LogP contribution in [-0.4, -0.2) is 16.3 Å². The standard InChI is InChI=1S/C8H9NO3S/c9-13(5-1-2-5)7-4-3-6(12-7)8(10)11/h3-5,9H,1-2H2,(H,10,11). The lowest BCUT2D eigenvalue weighted by Crippen LogP contribution is -1.95. The molecule has 1 aromatic rings. The Balaban J connectivity index is 2.21. The van der Waals surface area contributed by atoms with E-state index < -0.39 is 16.7 Å². The Morgan fingerprint density at radius 2 is 2.31 bits per heavy atom. The fraction of sp³-hybridized carbons (Fsp3) is 0.375. The fourth-order valence-corrected chi connectivity index (χ4v) is 2.35. The van der Waals surface area contributed by atoms with Crippen LogP contribution in [0.25, 0.3) is 0 Å². The summed E-state index contributed by atoms with van der Waals surface area (Å²) in [6, 6.07) is 3.01. The number of carboxylic acid groups (broad SMARTS) is 1. The normalized spacial score (nSPS) is 18.5. The van der Waals surface area contributed by atoms with Crippen LogP contribution in [0.5, 0.6) is 0 Å². The van der Waals surface area contributed by atoms with Gasteiger partial charge in [0, 0.05) is 5.25 Å². The second-order valence-corrected chi connectivity index (χ2v) is 4.71. The van der Waals surface area contributed by atoms with Gasteiger partial charge in [-0.25, -0.2) is 4.79 Å². The molecule has 1 saturated carbocycles. The Morgan fingerprint density at radius 3 is 2.77 bits per heavy atom. The van der Waals surface area contributed by atoms with Crippen LogP contribution >= 0.6 is 0 Å². The highest BCUT2D eigenvalue weighted by Gasteiger charge is 2.28. The Labute approximate surface area is 77.5 Å².